The van der Waals surface area contributed by atoms with Gasteiger partial charge in [-0.1, -0.05) is 26.2 Å². The molecule has 0 bridgehead atoms. The Hall–Kier alpha value is -0.330. The zero-order valence-electron chi connectivity index (χ0n) is 8.27. The number of unbranched alkanes of at least 4 members (excludes halogenated alkanes) is 4. The molecule has 0 aliphatic heterocycles. The lowest BCUT2D eigenvalue weighted by Crippen LogP contribution is -2.06. The Bertz CT molecular complexity index is 105. The molecule has 0 amide bonds. The van der Waals surface area contributed by atoms with Gasteiger partial charge >= 0.3 is 0 Å². The zero-order valence-corrected chi connectivity index (χ0v) is 8.27. The molecule has 11 heavy (non-hydrogen) atoms. The summed E-state index contributed by atoms with van der Waals surface area (Å²) in [7, 11) is 2.14. The number of rotatable bonds is 6. The van der Waals surface area contributed by atoms with Gasteiger partial charge in [0.2, 0.25) is 0 Å². The van der Waals surface area contributed by atoms with Crippen LogP contribution in [0.4, 0.5) is 0 Å². The summed E-state index contributed by atoms with van der Waals surface area (Å²) in [5.74, 6) is 0. The number of nitrogens with zero attached hydrogens (tertiary/aromatic N) is 1. The van der Waals surface area contributed by atoms with E-state index in [2.05, 4.69) is 31.7 Å². The predicted molar refractivity (Wildman–Crippen MR) is 51.5 cm³/mol. The molecule has 0 aromatic carbocycles. The smallest absolute Gasteiger partial charge is 0.142 e. The first-order valence-electron chi connectivity index (χ1n) is 4.81. The van der Waals surface area contributed by atoms with Crippen LogP contribution in [0.1, 0.15) is 46.0 Å². The van der Waals surface area contributed by atoms with Crippen molar-refractivity contribution in [3.8, 4) is 0 Å². The van der Waals surface area contributed by atoms with Crippen LogP contribution in [0.5, 0.6) is 0 Å². The van der Waals surface area contributed by atoms with Crippen molar-refractivity contribution in [2.75, 3.05) is 13.6 Å². The van der Waals surface area contributed by atoms with E-state index in [9.17, 15) is 0 Å². The first kappa shape index (κ1) is 10.7. The van der Waals surface area contributed by atoms with Crippen LogP contribution in [0.25, 0.3) is 0 Å². The highest BCUT2D eigenvalue weighted by Gasteiger charge is 1.93. The minimum absolute atomic E-state index is 1.22. The van der Waals surface area contributed by atoms with E-state index in [0.29, 0.717) is 0 Å². The number of hydrogen-bond acceptors (Lipinski definition) is 0. The fourth-order valence-corrected chi connectivity index (χ4v) is 1.09. The van der Waals surface area contributed by atoms with E-state index in [-0.39, 0.29) is 0 Å². The normalized spacial score (nSPS) is 12.1. The van der Waals surface area contributed by atoms with E-state index < -0.39 is 0 Å². The summed E-state index contributed by atoms with van der Waals surface area (Å²) in [5.41, 5.74) is 0. The Morgan fingerprint density at radius 1 is 1.09 bits per heavy atom. The van der Waals surface area contributed by atoms with E-state index >= 15 is 0 Å². The lowest BCUT2D eigenvalue weighted by atomic mass is 10.1. The molecule has 0 aromatic rings. The maximum Gasteiger partial charge on any atom is 0.142 e. The molecular formula is C10H22N+. The fourth-order valence-electron chi connectivity index (χ4n) is 1.09. The third kappa shape index (κ3) is 7.57. The van der Waals surface area contributed by atoms with Gasteiger partial charge in [0.15, 0.2) is 0 Å². The van der Waals surface area contributed by atoms with Crippen molar-refractivity contribution >= 4 is 6.21 Å². The van der Waals surface area contributed by atoms with Gasteiger partial charge in [-0.3, -0.25) is 0 Å². The van der Waals surface area contributed by atoms with Crippen LogP contribution in [-0.4, -0.2) is 24.4 Å². The van der Waals surface area contributed by atoms with E-state index in [1.165, 1.54) is 38.6 Å². The Labute approximate surface area is 71.1 Å². The van der Waals surface area contributed by atoms with Crippen LogP contribution in [0.3, 0.4) is 0 Å². The van der Waals surface area contributed by atoms with Gasteiger partial charge in [-0.15, -0.1) is 0 Å². The Kier molecular flexibility index (Phi) is 7.54. The minimum atomic E-state index is 1.22. The summed E-state index contributed by atoms with van der Waals surface area (Å²) in [6.45, 7) is 5.57. The summed E-state index contributed by atoms with van der Waals surface area (Å²) < 4.78 is 2.26. The van der Waals surface area contributed by atoms with Gasteiger partial charge in [-0.25, -0.2) is 4.58 Å². The highest BCUT2D eigenvalue weighted by Crippen LogP contribution is 2.01. The molecule has 0 heterocycles. The van der Waals surface area contributed by atoms with Gasteiger partial charge in [-0.05, 0) is 6.42 Å². The fraction of sp³-hybridized carbons (Fsp3) is 0.900. The second kappa shape index (κ2) is 7.77. The van der Waals surface area contributed by atoms with Gasteiger partial charge in [0.1, 0.15) is 19.8 Å². The quantitative estimate of drug-likeness (QED) is 0.316. The molecule has 0 saturated heterocycles. The monoisotopic (exact) mass is 156 g/mol. The molecule has 0 fully saturated rings. The molecule has 1 nitrogen and oxygen atoms in total. The van der Waals surface area contributed by atoms with Crippen LogP contribution < -0.4 is 0 Å². The first-order valence-corrected chi connectivity index (χ1v) is 4.81. The molecule has 0 aromatic heterocycles. The van der Waals surface area contributed by atoms with Gasteiger partial charge < -0.3 is 0 Å². The zero-order chi connectivity index (χ0) is 8.53. The molecule has 0 saturated carbocycles. The molecule has 0 unspecified atom stereocenters. The summed E-state index contributed by atoms with van der Waals surface area (Å²) in [6, 6.07) is 0. The molecule has 0 aliphatic rings. The van der Waals surface area contributed by atoms with Crippen molar-refractivity contribution < 1.29 is 4.58 Å². The second-order valence-electron chi connectivity index (χ2n) is 3.15. The average molecular weight is 156 g/mol. The standard InChI is InChI=1S/C10H22N/c1-4-6-7-8-9-10-11(3)5-2/h5H,4,6-10H2,1-3H3/q+1. The molecule has 1 heteroatoms. The van der Waals surface area contributed by atoms with Crippen LogP contribution in [0, 0.1) is 0 Å². The van der Waals surface area contributed by atoms with E-state index in [1.54, 1.807) is 0 Å². The van der Waals surface area contributed by atoms with Gasteiger partial charge in [0.05, 0.1) is 0 Å². The summed E-state index contributed by atoms with van der Waals surface area (Å²) >= 11 is 0. The van der Waals surface area contributed by atoms with Crippen molar-refractivity contribution in [3.05, 3.63) is 0 Å². The third-order valence-electron chi connectivity index (χ3n) is 2.06. The van der Waals surface area contributed by atoms with Crippen LogP contribution >= 0.6 is 0 Å². The summed E-state index contributed by atoms with van der Waals surface area (Å²) in [5, 5.41) is 0. The SMILES string of the molecule is CC=[N+](C)CCCCCCC. The Balaban J connectivity index is 3.02. The summed E-state index contributed by atoms with van der Waals surface area (Å²) in [4.78, 5) is 0. The van der Waals surface area contributed by atoms with Crippen LogP contribution in [0.2, 0.25) is 0 Å². The van der Waals surface area contributed by atoms with Crippen molar-refractivity contribution in [2.45, 2.75) is 46.0 Å². The Morgan fingerprint density at radius 3 is 2.27 bits per heavy atom. The Morgan fingerprint density at radius 2 is 1.73 bits per heavy atom. The molecule has 0 N–H and O–H groups in total. The van der Waals surface area contributed by atoms with Crippen molar-refractivity contribution in [1.29, 1.82) is 0 Å². The molecule has 66 valence electrons. The third-order valence-corrected chi connectivity index (χ3v) is 2.06. The lowest BCUT2D eigenvalue weighted by Gasteiger charge is -1.97. The summed E-state index contributed by atoms with van der Waals surface area (Å²) in [6.07, 6.45) is 9.04. The topological polar surface area (TPSA) is 3.01 Å². The predicted octanol–water partition coefficient (Wildman–Crippen LogP) is 2.69. The first-order chi connectivity index (χ1) is 5.31. The van der Waals surface area contributed by atoms with Crippen molar-refractivity contribution in [3.63, 3.8) is 0 Å². The second-order valence-corrected chi connectivity index (χ2v) is 3.15. The van der Waals surface area contributed by atoms with Crippen molar-refractivity contribution in [1.82, 2.24) is 0 Å². The maximum absolute atomic E-state index is 2.26. The highest BCUT2D eigenvalue weighted by molar-refractivity contribution is 5.46. The molecule has 0 aliphatic carbocycles. The van der Waals surface area contributed by atoms with E-state index in [1.807, 2.05) is 0 Å². The average Bonchev–Trinajstić information content (AvgIpc) is 2.04. The maximum atomic E-state index is 2.26. The number of hydrogen-bond donors (Lipinski definition) is 0. The molecule has 0 radical (unpaired) electrons. The van der Waals surface area contributed by atoms with Gasteiger partial charge in [0, 0.05) is 13.3 Å². The van der Waals surface area contributed by atoms with Crippen molar-refractivity contribution in [2.24, 2.45) is 0 Å². The lowest BCUT2D eigenvalue weighted by molar-refractivity contribution is -0.493. The molecular weight excluding hydrogens is 134 g/mol. The van der Waals surface area contributed by atoms with Gasteiger partial charge in [0.25, 0.3) is 0 Å². The van der Waals surface area contributed by atoms with E-state index in [0.717, 1.165) is 0 Å². The van der Waals surface area contributed by atoms with Crippen LogP contribution in [0.15, 0.2) is 0 Å². The highest BCUT2D eigenvalue weighted by atomic mass is 14.9. The largest absolute Gasteiger partial charge is 0.242 e. The minimum Gasteiger partial charge on any atom is -0.242 e. The molecule has 0 spiro atoms. The van der Waals surface area contributed by atoms with Gasteiger partial charge in [-0.2, -0.15) is 0 Å². The molecule has 0 atom stereocenters. The van der Waals surface area contributed by atoms with Crippen LogP contribution in [-0.2, 0) is 0 Å². The molecule has 0 rings (SSSR count). The van der Waals surface area contributed by atoms with E-state index in [4.69, 9.17) is 0 Å².